The van der Waals surface area contributed by atoms with E-state index in [-0.39, 0.29) is 40.0 Å². The van der Waals surface area contributed by atoms with E-state index in [2.05, 4.69) is 22.5 Å². The van der Waals surface area contributed by atoms with Crippen LogP contribution in [0.5, 0.6) is 17.2 Å². The maximum Gasteiger partial charge on any atom is 0.238 e. The first-order valence-electron chi connectivity index (χ1n) is 16.4. The maximum absolute atomic E-state index is 14.3. The summed E-state index contributed by atoms with van der Waals surface area (Å²) in [7, 11) is 3.20. The summed E-state index contributed by atoms with van der Waals surface area (Å²) in [6, 6.07) is 18.1. The molecule has 1 aliphatic heterocycles. The number of benzene rings is 3. The van der Waals surface area contributed by atoms with Crippen molar-refractivity contribution in [1.29, 1.82) is 0 Å². The van der Waals surface area contributed by atoms with Crippen molar-refractivity contribution in [3.05, 3.63) is 129 Å². The number of methoxy groups -OCH3 is 2. The van der Waals surface area contributed by atoms with Crippen LogP contribution in [0.4, 0.5) is 5.69 Å². The van der Waals surface area contributed by atoms with Gasteiger partial charge in [0.15, 0.2) is 11.6 Å². The van der Waals surface area contributed by atoms with Crippen molar-refractivity contribution < 1.29 is 33.8 Å². The molecule has 0 spiro atoms. The number of anilines is 1. The molecule has 1 N–H and O–H groups in total. The average molecular weight is 733 g/mol. The number of Topliss-reactive ketones (excluding diaryl/α,β-unsaturated/α-hetero) is 1. The lowest BCUT2D eigenvalue weighted by Gasteiger charge is -2.42. The van der Waals surface area contributed by atoms with Crippen LogP contribution in [0.2, 0.25) is 0 Å². The molecule has 2 amide bonds. The Hall–Kier alpha value is -5.28. The van der Waals surface area contributed by atoms with Crippen LogP contribution in [0.25, 0.3) is 12.2 Å². The van der Waals surface area contributed by atoms with Gasteiger partial charge in [-0.15, -0.1) is 6.58 Å². The van der Waals surface area contributed by atoms with Gasteiger partial charge in [-0.2, -0.15) is 0 Å². The van der Waals surface area contributed by atoms with Gasteiger partial charge in [0, 0.05) is 34.3 Å². The Kier molecular flexibility index (Phi) is 8.78. The normalized spacial score (nSPS) is 23.0. The molecule has 3 aromatic carbocycles. The maximum atomic E-state index is 14.3. The molecule has 3 aromatic rings. The van der Waals surface area contributed by atoms with Crippen LogP contribution in [-0.4, -0.2) is 42.7 Å². The molecule has 0 radical (unpaired) electrons. The SMILES string of the molecule is C=CCc1cccc(C2C3=CCC4C(=O)N(c5ccc(C=Cc6cc(OC)ccc6OC)cc5)C(=O)C4C3CC3=C2C(=O)C=C(Br)C3=O)c1O. The molecule has 252 valence electrons. The summed E-state index contributed by atoms with van der Waals surface area (Å²) in [5.41, 5.74) is 4.68. The lowest BCUT2D eigenvalue weighted by molar-refractivity contribution is -0.123. The van der Waals surface area contributed by atoms with Gasteiger partial charge < -0.3 is 14.6 Å². The number of fused-ring (bicyclic) bond motifs is 3. The number of imide groups is 1. The predicted molar refractivity (Wildman–Crippen MR) is 194 cm³/mol. The molecule has 1 fully saturated rings. The Morgan fingerprint density at radius 3 is 2.46 bits per heavy atom. The fourth-order valence-electron chi connectivity index (χ4n) is 7.87. The Labute approximate surface area is 298 Å². The second-order valence-electron chi connectivity index (χ2n) is 12.8. The standard InChI is InChI=1S/C41H34BrNO7/c1-4-6-23-7-5-8-28(38(23)45)35-27-16-17-29-36(30(27)20-31-37(35)33(44)21-32(42)39(31)46)41(48)43(40(29)47)25-13-10-22(11-14-25)9-12-24-19-26(49-2)15-18-34(24)50-3/h4-5,7-16,18-19,21,29-30,35-36,45H,1,6,17,20H2,2-3H3. The van der Waals surface area contributed by atoms with E-state index in [0.717, 1.165) is 16.7 Å². The molecule has 7 rings (SSSR count). The van der Waals surface area contributed by atoms with Crippen LogP contribution in [0, 0.1) is 17.8 Å². The van der Waals surface area contributed by atoms with Gasteiger partial charge in [0.2, 0.25) is 11.8 Å². The second kappa shape index (κ2) is 13.2. The van der Waals surface area contributed by atoms with Gasteiger partial charge >= 0.3 is 0 Å². The summed E-state index contributed by atoms with van der Waals surface area (Å²) in [5, 5.41) is 11.4. The fraction of sp³-hybridized carbons (Fsp3) is 0.220. The molecule has 8 nitrogen and oxygen atoms in total. The number of ketones is 2. The molecule has 9 heteroatoms. The molecule has 4 unspecified atom stereocenters. The third-order valence-electron chi connectivity index (χ3n) is 10.2. The number of hydrogen-bond donors (Lipinski definition) is 1. The van der Waals surface area contributed by atoms with E-state index >= 15 is 0 Å². The number of hydrogen-bond acceptors (Lipinski definition) is 7. The molecule has 4 aliphatic rings. The van der Waals surface area contributed by atoms with Gasteiger partial charge in [-0.05, 0) is 82.6 Å². The first-order chi connectivity index (χ1) is 24.2. The number of carbonyl (C=O) groups excluding carboxylic acids is 4. The number of para-hydroxylation sites is 1. The Morgan fingerprint density at radius 2 is 1.74 bits per heavy atom. The monoisotopic (exact) mass is 731 g/mol. The van der Waals surface area contributed by atoms with Crippen molar-refractivity contribution in [2.45, 2.75) is 25.2 Å². The number of allylic oxidation sites excluding steroid dienone is 7. The number of ether oxygens (including phenoxy) is 2. The minimum atomic E-state index is -0.742. The Balaban J connectivity index is 1.22. The number of rotatable bonds is 8. The van der Waals surface area contributed by atoms with E-state index in [1.807, 2.05) is 54.6 Å². The molecule has 0 aromatic heterocycles. The lowest BCUT2D eigenvalue weighted by Crippen LogP contribution is -2.39. The summed E-state index contributed by atoms with van der Waals surface area (Å²) in [6.45, 7) is 3.79. The molecule has 4 atom stereocenters. The molecular formula is C41H34BrNO7. The van der Waals surface area contributed by atoms with Gasteiger partial charge in [0.05, 0.1) is 36.2 Å². The van der Waals surface area contributed by atoms with Crippen molar-refractivity contribution >= 4 is 57.2 Å². The summed E-state index contributed by atoms with van der Waals surface area (Å²) in [5.74, 6) is -2.46. The van der Waals surface area contributed by atoms with Gasteiger partial charge in [-0.1, -0.05) is 60.2 Å². The largest absolute Gasteiger partial charge is 0.507 e. The van der Waals surface area contributed by atoms with Crippen LogP contribution in [-0.2, 0) is 25.6 Å². The topological polar surface area (TPSA) is 110 Å². The number of phenols is 1. The first kappa shape index (κ1) is 33.2. The van der Waals surface area contributed by atoms with Gasteiger partial charge in [0.25, 0.3) is 0 Å². The minimum Gasteiger partial charge on any atom is -0.507 e. The van der Waals surface area contributed by atoms with Crippen LogP contribution < -0.4 is 14.4 Å². The Bertz CT molecular complexity index is 2100. The minimum absolute atomic E-state index is 0.0243. The molecule has 0 saturated carbocycles. The van der Waals surface area contributed by atoms with Crippen molar-refractivity contribution in [2.24, 2.45) is 17.8 Å². The third-order valence-corrected chi connectivity index (χ3v) is 10.8. The quantitative estimate of drug-likeness (QED) is 0.112. The summed E-state index contributed by atoms with van der Waals surface area (Å²) in [4.78, 5) is 56.7. The third kappa shape index (κ3) is 5.46. The van der Waals surface area contributed by atoms with Crippen molar-refractivity contribution in [1.82, 2.24) is 0 Å². The average Bonchev–Trinajstić information content (AvgIpc) is 3.39. The van der Waals surface area contributed by atoms with Crippen molar-refractivity contribution in [3.63, 3.8) is 0 Å². The van der Waals surface area contributed by atoms with Crippen LogP contribution in [0.1, 0.15) is 41.0 Å². The van der Waals surface area contributed by atoms with E-state index in [1.54, 1.807) is 44.6 Å². The number of phenolic OH excluding ortho intramolecular Hbond substituents is 1. The fourth-order valence-corrected chi connectivity index (χ4v) is 8.32. The number of carbonyl (C=O) groups is 4. The zero-order valence-electron chi connectivity index (χ0n) is 27.5. The van der Waals surface area contributed by atoms with Crippen LogP contribution in [0.3, 0.4) is 0 Å². The summed E-state index contributed by atoms with van der Waals surface area (Å²) < 4.78 is 11.0. The number of amides is 2. The molecule has 0 bridgehead atoms. The highest BCUT2D eigenvalue weighted by Crippen LogP contribution is 2.56. The molecular weight excluding hydrogens is 698 g/mol. The van der Waals surface area contributed by atoms with E-state index in [1.165, 1.54) is 11.0 Å². The lowest BCUT2D eigenvalue weighted by atomic mass is 9.59. The number of aromatic hydroxyl groups is 1. The van der Waals surface area contributed by atoms with E-state index in [0.29, 0.717) is 52.3 Å². The van der Waals surface area contributed by atoms with E-state index in [9.17, 15) is 24.3 Å². The van der Waals surface area contributed by atoms with Crippen LogP contribution in [0.15, 0.2) is 107 Å². The highest BCUT2D eigenvalue weighted by molar-refractivity contribution is 9.12. The molecule has 1 heterocycles. The highest BCUT2D eigenvalue weighted by atomic mass is 79.9. The zero-order valence-corrected chi connectivity index (χ0v) is 29.1. The van der Waals surface area contributed by atoms with Crippen molar-refractivity contribution in [3.8, 4) is 17.2 Å². The molecule has 3 aliphatic carbocycles. The molecule has 1 saturated heterocycles. The van der Waals surface area contributed by atoms with E-state index in [4.69, 9.17) is 9.47 Å². The summed E-state index contributed by atoms with van der Waals surface area (Å²) >= 11 is 3.26. The van der Waals surface area contributed by atoms with Crippen LogP contribution >= 0.6 is 15.9 Å². The van der Waals surface area contributed by atoms with E-state index < -0.39 is 23.7 Å². The smallest absolute Gasteiger partial charge is 0.238 e. The zero-order chi connectivity index (χ0) is 35.3. The number of halogens is 1. The predicted octanol–water partition coefficient (Wildman–Crippen LogP) is 7.27. The second-order valence-corrected chi connectivity index (χ2v) is 13.6. The Morgan fingerprint density at radius 1 is 0.960 bits per heavy atom. The van der Waals surface area contributed by atoms with Crippen molar-refractivity contribution in [2.75, 3.05) is 19.1 Å². The van der Waals surface area contributed by atoms with Gasteiger partial charge in [-0.3, -0.25) is 24.1 Å². The van der Waals surface area contributed by atoms with Gasteiger partial charge in [-0.25, -0.2) is 0 Å². The summed E-state index contributed by atoms with van der Waals surface area (Å²) in [6.07, 6.45) is 9.58. The highest BCUT2D eigenvalue weighted by Gasteiger charge is 2.57. The molecule has 50 heavy (non-hydrogen) atoms. The number of nitrogens with zero attached hydrogens (tertiary/aromatic N) is 1. The first-order valence-corrected chi connectivity index (χ1v) is 17.1. The van der Waals surface area contributed by atoms with Gasteiger partial charge in [0.1, 0.15) is 17.2 Å².